The third kappa shape index (κ3) is 5.25. The van der Waals surface area contributed by atoms with E-state index in [9.17, 15) is 9.59 Å². The van der Waals surface area contributed by atoms with Crippen molar-refractivity contribution in [1.29, 1.82) is 0 Å². The van der Waals surface area contributed by atoms with Crippen molar-refractivity contribution in [2.75, 3.05) is 11.9 Å². The van der Waals surface area contributed by atoms with Crippen LogP contribution in [0.1, 0.15) is 34.8 Å². The largest absolute Gasteiger partial charge is 0.352 e. The fourth-order valence-corrected chi connectivity index (χ4v) is 2.24. The van der Waals surface area contributed by atoms with Crippen molar-refractivity contribution in [3.8, 4) is 0 Å². The van der Waals surface area contributed by atoms with Crippen molar-refractivity contribution in [3.63, 3.8) is 0 Å². The van der Waals surface area contributed by atoms with Gasteiger partial charge in [0, 0.05) is 24.2 Å². The number of hydrogen-bond acceptors (Lipinski definition) is 2. The van der Waals surface area contributed by atoms with Crippen LogP contribution in [0.3, 0.4) is 0 Å². The van der Waals surface area contributed by atoms with Gasteiger partial charge in [0.2, 0.25) is 5.91 Å². The van der Waals surface area contributed by atoms with Gasteiger partial charge in [-0.1, -0.05) is 35.9 Å². The van der Waals surface area contributed by atoms with Gasteiger partial charge in [0.15, 0.2) is 0 Å². The van der Waals surface area contributed by atoms with Gasteiger partial charge in [0.25, 0.3) is 5.91 Å². The van der Waals surface area contributed by atoms with Crippen LogP contribution >= 0.6 is 0 Å². The minimum Gasteiger partial charge on any atom is -0.352 e. The predicted molar refractivity (Wildman–Crippen MR) is 92.6 cm³/mol. The van der Waals surface area contributed by atoms with Crippen molar-refractivity contribution in [1.82, 2.24) is 5.32 Å². The summed E-state index contributed by atoms with van der Waals surface area (Å²) in [6.07, 6.45) is 1.11. The number of hydrogen-bond donors (Lipinski definition) is 2. The molecule has 2 N–H and O–H groups in total. The quantitative estimate of drug-likeness (QED) is 0.860. The van der Waals surface area contributed by atoms with Crippen LogP contribution in [0.4, 0.5) is 5.69 Å². The molecule has 0 radical (unpaired) electrons. The molecule has 0 saturated heterocycles. The Morgan fingerprint density at radius 3 is 2.48 bits per heavy atom. The molecule has 0 saturated carbocycles. The van der Waals surface area contributed by atoms with Gasteiger partial charge in [0.1, 0.15) is 0 Å². The lowest BCUT2D eigenvalue weighted by atomic mass is 10.1. The summed E-state index contributed by atoms with van der Waals surface area (Å²) in [5, 5.41) is 5.58. The normalized spacial score (nSPS) is 10.2. The minimum atomic E-state index is -0.136. The van der Waals surface area contributed by atoms with E-state index in [-0.39, 0.29) is 11.8 Å². The maximum Gasteiger partial charge on any atom is 0.251 e. The van der Waals surface area contributed by atoms with Gasteiger partial charge in [-0.2, -0.15) is 0 Å². The number of benzene rings is 2. The van der Waals surface area contributed by atoms with Crippen LogP contribution in [0.25, 0.3) is 0 Å². The van der Waals surface area contributed by atoms with Crippen molar-refractivity contribution in [2.45, 2.75) is 26.7 Å². The Balaban J connectivity index is 1.91. The maximum atomic E-state index is 12.0. The molecule has 4 heteroatoms. The summed E-state index contributed by atoms with van der Waals surface area (Å²) in [7, 11) is 0. The molecule has 0 spiro atoms. The molecule has 2 amide bonds. The van der Waals surface area contributed by atoms with Gasteiger partial charge in [-0.05, 0) is 44.0 Å². The molecule has 0 aromatic heterocycles. The fourth-order valence-electron chi connectivity index (χ4n) is 2.24. The van der Waals surface area contributed by atoms with Gasteiger partial charge in [-0.3, -0.25) is 9.59 Å². The summed E-state index contributed by atoms with van der Waals surface area (Å²) in [4.78, 5) is 23.8. The molecule has 23 heavy (non-hydrogen) atoms. The topological polar surface area (TPSA) is 58.2 Å². The van der Waals surface area contributed by atoms with Gasteiger partial charge >= 0.3 is 0 Å². The first-order valence-electron chi connectivity index (χ1n) is 7.82. The summed E-state index contributed by atoms with van der Waals surface area (Å²) >= 11 is 0. The van der Waals surface area contributed by atoms with Gasteiger partial charge in [-0.25, -0.2) is 0 Å². The third-order valence-corrected chi connectivity index (χ3v) is 3.51. The Morgan fingerprint density at radius 2 is 1.78 bits per heavy atom. The smallest absolute Gasteiger partial charge is 0.251 e. The molecule has 2 aromatic carbocycles. The Bertz CT molecular complexity index is 678. The molecule has 0 fully saturated rings. The molecular formula is C19H22N2O2. The van der Waals surface area contributed by atoms with Crippen LogP contribution in [-0.2, 0) is 11.2 Å². The van der Waals surface area contributed by atoms with Crippen molar-refractivity contribution in [2.24, 2.45) is 0 Å². The number of carbonyl (C=O) groups excluding carboxylic acids is 2. The standard InChI is InChI=1S/C19H22N2O2/c1-3-20-19(23)16-5-4-6-17(13-16)21-18(22)12-11-15-9-7-14(2)8-10-15/h4-10,13H,3,11-12H2,1-2H3,(H,20,23)(H,21,22). The Kier molecular flexibility index (Phi) is 5.92. The average Bonchev–Trinajstić information content (AvgIpc) is 2.55. The summed E-state index contributed by atoms with van der Waals surface area (Å²) in [5.74, 6) is -0.193. The van der Waals surface area contributed by atoms with Gasteiger partial charge in [-0.15, -0.1) is 0 Å². The van der Waals surface area contributed by atoms with E-state index in [1.54, 1.807) is 24.3 Å². The number of aryl methyl sites for hydroxylation is 2. The number of anilines is 1. The molecule has 2 rings (SSSR count). The molecule has 0 heterocycles. The molecule has 0 atom stereocenters. The highest BCUT2D eigenvalue weighted by Crippen LogP contribution is 2.12. The van der Waals surface area contributed by atoms with E-state index >= 15 is 0 Å². The van der Waals surface area contributed by atoms with E-state index in [0.29, 0.717) is 30.6 Å². The number of amides is 2. The molecule has 0 aliphatic heterocycles. The molecule has 0 aliphatic rings. The monoisotopic (exact) mass is 310 g/mol. The summed E-state index contributed by atoms with van der Waals surface area (Å²) in [6, 6.07) is 15.1. The highest BCUT2D eigenvalue weighted by Gasteiger charge is 2.07. The first-order chi connectivity index (χ1) is 11.1. The Hall–Kier alpha value is -2.62. The molecule has 120 valence electrons. The first-order valence-corrected chi connectivity index (χ1v) is 7.82. The zero-order chi connectivity index (χ0) is 16.7. The molecule has 0 bridgehead atoms. The third-order valence-electron chi connectivity index (χ3n) is 3.51. The molecular weight excluding hydrogens is 288 g/mol. The van der Waals surface area contributed by atoms with Crippen molar-refractivity contribution >= 4 is 17.5 Å². The van der Waals surface area contributed by atoms with Crippen LogP contribution in [0.15, 0.2) is 48.5 Å². The van der Waals surface area contributed by atoms with Crippen LogP contribution in [0.5, 0.6) is 0 Å². The summed E-state index contributed by atoms with van der Waals surface area (Å²) in [5.41, 5.74) is 3.54. The van der Waals surface area contributed by atoms with Gasteiger partial charge < -0.3 is 10.6 Å². The second-order valence-corrected chi connectivity index (χ2v) is 5.47. The number of nitrogens with one attached hydrogen (secondary N) is 2. The zero-order valence-electron chi connectivity index (χ0n) is 13.6. The second-order valence-electron chi connectivity index (χ2n) is 5.47. The van der Waals surface area contributed by atoms with E-state index in [0.717, 1.165) is 5.56 Å². The van der Waals surface area contributed by atoms with Crippen LogP contribution in [0, 0.1) is 6.92 Å². The van der Waals surface area contributed by atoms with E-state index in [4.69, 9.17) is 0 Å². The molecule has 4 nitrogen and oxygen atoms in total. The van der Waals surface area contributed by atoms with Crippen molar-refractivity contribution < 1.29 is 9.59 Å². The zero-order valence-corrected chi connectivity index (χ0v) is 13.6. The van der Waals surface area contributed by atoms with E-state index < -0.39 is 0 Å². The maximum absolute atomic E-state index is 12.0. The van der Waals surface area contributed by atoms with E-state index in [1.165, 1.54) is 5.56 Å². The Labute approximate surface area is 136 Å². The molecule has 0 aliphatic carbocycles. The molecule has 0 unspecified atom stereocenters. The second kappa shape index (κ2) is 8.13. The summed E-state index contributed by atoms with van der Waals surface area (Å²) in [6.45, 7) is 4.48. The SMILES string of the molecule is CCNC(=O)c1cccc(NC(=O)CCc2ccc(C)cc2)c1. The molecule has 2 aromatic rings. The highest BCUT2D eigenvalue weighted by molar-refractivity contribution is 5.97. The minimum absolute atomic E-state index is 0.0568. The van der Waals surface area contributed by atoms with E-state index in [2.05, 4.69) is 10.6 Å². The van der Waals surface area contributed by atoms with Crippen LogP contribution in [0.2, 0.25) is 0 Å². The van der Waals surface area contributed by atoms with Crippen LogP contribution in [-0.4, -0.2) is 18.4 Å². The first kappa shape index (κ1) is 16.7. The number of carbonyl (C=O) groups is 2. The lowest BCUT2D eigenvalue weighted by molar-refractivity contribution is -0.116. The predicted octanol–water partition coefficient (Wildman–Crippen LogP) is 3.32. The summed E-state index contributed by atoms with van der Waals surface area (Å²) < 4.78 is 0. The van der Waals surface area contributed by atoms with Crippen LogP contribution < -0.4 is 10.6 Å². The number of rotatable bonds is 6. The highest BCUT2D eigenvalue weighted by atomic mass is 16.2. The lowest BCUT2D eigenvalue weighted by Gasteiger charge is -2.08. The van der Waals surface area contributed by atoms with Crippen molar-refractivity contribution in [3.05, 3.63) is 65.2 Å². The lowest BCUT2D eigenvalue weighted by Crippen LogP contribution is -2.22. The fraction of sp³-hybridized carbons (Fsp3) is 0.263. The van der Waals surface area contributed by atoms with Gasteiger partial charge in [0.05, 0.1) is 0 Å². The Morgan fingerprint density at radius 1 is 1.04 bits per heavy atom. The average molecular weight is 310 g/mol. The van der Waals surface area contributed by atoms with E-state index in [1.807, 2.05) is 38.1 Å².